The minimum Gasteiger partial charge on any atom is -0.458 e. The summed E-state index contributed by atoms with van der Waals surface area (Å²) in [5, 5.41) is 0. The monoisotopic (exact) mass is 165 g/mol. The van der Waals surface area contributed by atoms with E-state index in [4.69, 9.17) is 4.74 Å². The Morgan fingerprint density at radius 1 is 1.33 bits per heavy atom. The number of carbonyl (C=O) groups is 1. The van der Waals surface area contributed by atoms with E-state index in [1.807, 2.05) is 37.3 Å². The number of rotatable bonds is 2. The van der Waals surface area contributed by atoms with Crippen LogP contribution in [0.1, 0.15) is 25.5 Å². The van der Waals surface area contributed by atoms with Crippen LogP contribution in [-0.2, 0) is 9.53 Å². The summed E-state index contributed by atoms with van der Waals surface area (Å²) in [6.07, 6.45) is -0.149. The van der Waals surface area contributed by atoms with Crippen molar-refractivity contribution in [2.75, 3.05) is 0 Å². The van der Waals surface area contributed by atoms with Gasteiger partial charge in [-0.2, -0.15) is 0 Å². The summed E-state index contributed by atoms with van der Waals surface area (Å²) in [6.45, 7) is 3.27. The predicted molar refractivity (Wildman–Crippen MR) is 46.6 cm³/mol. The molecule has 0 spiro atoms. The summed E-state index contributed by atoms with van der Waals surface area (Å²) in [5.41, 5.74) is 1.02. The molecule has 64 valence electrons. The number of esters is 1. The summed E-state index contributed by atoms with van der Waals surface area (Å²) >= 11 is 0. The van der Waals surface area contributed by atoms with Gasteiger partial charge in [-0.25, -0.2) is 0 Å². The topological polar surface area (TPSA) is 26.3 Å². The molecular formula is C10H12O2. The highest BCUT2D eigenvalue weighted by atomic mass is 16.5. The third-order valence-corrected chi connectivity index (χ3v) is 1.61. The molecule has 2 heteroatoms. The van der Waals surface area contributed by atoms with Gasteiger partial charge in [0, 0.05) is 6.92 Å². The Bertz CT molecular complexity index is 254. The number of benzene rings is 1. The molecule has 2 nitrogen and oxygen atoms in total. The molecule has 12 heavy (non-hydrogen) atoms. The van der Waals surface area contributed by atoms with Crippen molar-refractivity contribution < 1.29 is 9.53 Å². The molecule has 1 atom stereocenters. The van der Waals surface area contributed by atoms with Gasteiger partial charge in [0.1, 0.15) is 6.10 Å². The normalized spacial score (nSPS) is 12.2. The van der Waals surface area contributed by atoms with Gasteiger partial charge in [-0.05, 0) is 12.5 Å². The molecule has 0 unspecified atom stereocenters. The quantitative estimate of drug-likeness (QED) is 0.496. The van der Waals surface area contributed by atoms with Crippen LogP contribution in [0.25, 0.3) is 0 Å². The second-order valence-corrected chi connectivity index (χ2v) is 2.66. The first-order valence-electron chi connectivity index (χ1n) is 3.92. The molecule has 0 aliphatic carbocycles. The van der Waals surface area contributed by atoms with Crippen LogP contribution in [0.5, 0.6) is 0 Å². The SMILES string of the molecule is C[C@H](OC([13CH3])=O)c1ccccc1. The Balaban J connectivity index is 2.65. The zero-order chi connectivity index (χ0) is 8.97. The van der Waals surface area contributed by atoms with E-state index in [0.717, 1.165) is 5.56 Å². The summed E-state index contributed by atoms with van der Waals surface area (Å²) < 4.78 is 5.00. The van der Waals surface area contributed by atoms with Crippen molar-refractivity contribution in [1.29, 1.82) is 0 Å². The van der Waals surface area contributed by atoms with Gasteiger partial charge in [0.15, 0.2) is 0 Å². The lowest BCUT2D eigenvalue weighted by molar-refractivity contribution is -0.145. The first-order chi connectivity index (χ1) is 5.70. The third-order valence-electron chi connectivity index (χ3n) is 1.61. The van der Waals surface area contributed by atoms with E-state index in [0.29, 0.717) is 0 Å². The zero-order valence-electron chi connectivity index (χ0n) is 7.28. The molecule has 0 heterocycles. The van der Waals surface area contributed by atoms with E-state index >= 15 is 0 Å². The highest BCUT2D eigenvalue weighted by molar-refractivity contribution is 5.66. The van der Waals surface area contributed by atoms with Crippen LogP contribution in [0.15, 0.2) is 30.3 Å². The second kappa shape index (κ2) is 3.90. The molecule has 0 bridgehead atoms. The molecule has 0 aromatic heterocycles. The molecule has 0 aliphatic heterocycles. The van der Waals surface area contributed by atoms with Crippen LogP contribution in [0.4, 0.5) is 0 Å². The number of hydrogen-bond donors (Lipinski definition) is 0. The zero-order valence-corrected chi connectivity index (χ0v) is 7.28. The Morgan fingerprint density at radius 2 is 1.92 bits per heavy atom. The van der Waals surface area contributed by atoms with Crippen molar-refractivity contribution in [3.8, 4) is 0 Å². The highest BCUT2D eigenvalue weighted by Gasteiger charge is 2.06. The minimum absolute atomic E-state index is 0.149. The third kappa shape index (κ3) is 2.38. The van der Waals surface area contributed by atoms with E-state index in [9.17, 15) is 4.79 Å². The molecule has 0 aliphatic rings. The van der Waals surface area contributed by atoms with Gasteiger partial charge < -0.3 is 4.74 Å². The van der Waals surface area contributed by atoms with E-state index in [2.05, 4.69) is 0 Å². The minimum atomic E-state index is -0.244. The maximum absolute atomic E-state index is 10.6. The van der Waals surface area contributed by atoms with Crippen LogP contribution in [0.3, 0.4) is 0 Å². The van der Waals surface area contributed by atoms with Gasteiger partial charge in [-0.3, -0.25) is 4.79 Å². The molecule has 0 amide bonds. The van der Waals surface area contributed by atoms with Crippen molar-refractivity contribution in [1.82, 2.24) is 0 Å². The number of hydrogen-bond acceptors (Lipinski definition) is 2. The molecule has 0 fully saturated rings. The maximum Gasteiger partial charge on any atom is 0.303 e. The summed E-state index contributed by atoms with van der Waals surface area (Å²) in [4.78, 5) is 10.6. The molecule has 0 N–H and O–H groups in total. The van der Waals surface area contributed by atoms with Gasteiger partial charge in [0.2, 0.25) is 0 Å². The Morgan fingerprint density at radius 3 is 2.42 bits per heavy atom. The fourth-order valence-electron chi connectivity index (χ4n) is 1.04. The fraction of sp³-hybridized carbons (Fsp3) is 0.300. The van der Waals surface area contributed by atoms with Crippen LogP contribution >= 0.6 is 0 Å². The average Bonchev–Trinajstić information content (AvgIpc) is 2.05. The Labute approximate surface area is 72.2 Å². The van der Waals surface area contributed by atoms with Crippen LogP contribution in [0, 0.1) is 0 Å². The first-order valence-corrected chi connectivity index (χ1v) is 3.92. The molecule has 0 radical (unpaired) electrons. The summed E-state index contributed by atoms with van der Waals surface area (Å²) in [6, 6.07) is 9.66. The van der Waals surface area contributed by atoms with E-state index in [1.165, 1.54) is 6.92 Å². The lowest BCUT2D eigenvalue weighted by atomic mass is 10.1. The summed E-state index contributed by atoms with van der Waals surface area (Å²) in [7, 11) is 0. The number of ether oxygens (including phenoxy) is 1. The van der Waals surface area contributed by atoms with Crippen molar-refractivity contribution in [2.45, 2.75) is 20.0 Å². The van der Waals surface area contributed by atoms with E-state index < -0.39 is 0 Å². The van der Waals surface area contributed by atoms with Gasteiger partial charge >= 0.3 is 5.97 Å². The van der Waals surface area contributed by atoms with Crippen molar-refractivity contribution in [2.24, 2.45) is 0 Å². The first kappa shape index (κ1) is 8.78. The molecule has 0 saturated heterocycles. The lowest BCUT2D eigenvalue weighted by Crippen LogP contribution is -2.04. The smallest absolute Gasteiger partial charge is 0.303 e. The molecule has 0 saturated carbocycles. The molecule has 1 aromatic carbocycles. The van der Waals surface area contributed by atoms with Crippen LogP contribution in [-0.4, -0.2) is 5.97 Å². The van der Waals surface area contributed by atoms with Crippen LogP contribution < -0.4 is 0 Å². The highest BCUT2D eigenvalue weighted by Crippen LogP contribution is 2.15. The largest absolute Gasteiger partial charge is 0.458 e. The van der Waals surface area contributed by atoms with Crippen LogP contribution in [0.2, 0.25) is 0 Å². The van der Waals surface area contributed by atoms with Gasteiger partial charge in [-0.15, -0.1) is 0 Å². The standard InChI is InChI=1S/C10H12O2/c1-8(12-9(2)11)10-6-4-3-5-7-10/h3-8H,1-2H3/t8-/m0/s1/i2+1. The Hall–Kier alpha value is -1.31. The van der Waals surface area contributed by atoms with Gasteiger partial charge in [-0.1, -0.05) is 30.3 Å². The van der Waals surface area contributed by atoms with Crippen molar-refractivity contribution in [3.05, 3.63) is 35.9 Å². The molecular weight excluding hydrogens is 153 g/mol. The van der Waals surface area contributed by atoms with E-state index in [1.54, 1.807) is 0 Å². The predicted octanol–water partition coefficient (Wildman–Crippen LogP) is 2.31. The summed E-state index contributed by atoms with van der Waals surface area (Å²) in [5.74, 6) is -0.244. The molecule has 1 rings (SSSR count). The van der Waals surface area contributed by atoms with Crippen molar-refractivity contribution >= 4 is 5.97 Å². The molecule has 1 aromatic rings. The number of carbonyl (C=O) groups excluding carboxylic acids is 1. The fourth-order valence-corrected chi connectivity index (χ4v) is 1.04. The average molecular weight is 165 g/mol. The van der Waals surface area contributed by atoms with E-state index in [-0.39, 0.29) is 12.1 Å². The van der Waals surface area contributed by atoms with Gasteiger partial charge in [0.05, 0.1) is 0 Å². The van der Waals surface area contributed by atoms with Crippen molar-refractivity contribution in [3.63, 3.8) is 0 Å². The van der Waals surface area contributed by atoms with Gasteiger partial charge in [0.25, 0.3) is 0 Å². The lowest BCUT2D eigenvalue weighted by Gasteiger charge is -2.11. The maximum atomic E-state index is 10.6. The Kier molecular flexibility index (Phi) is 2.86. The second-order valence-electron chi connectivity index (χ2n) is 2.66.